The average molecular weight is 346 g/mol. The van der Waals surface area contributed by atoms with Gasteiger partial charge in [0, 0.05) is 12.8 Å². The van der Waals surface area contributed by atoms with Gasteiger partial charge in [-0.05, 0) is 62.5 Å². The molecule has 2 aliphatic rings. The number of fused-ring (bicyclic) bond motifs is 2. The van der Waals surface area contributed by atoms with E-state index >= 15 is 0 Å². The zero-order valence-electron chi connectivity index (χ0n) is 15.7. The number of hydrogen-bond donors (Lipinski definition) is 3. The standard InChI is InChI=1S/C21H30O4/c1-5-6-7-8-13-9-16(22)19-14-12-21(4,24)18(23)11-15(14)20(2,3)25-17(19)10-13/h9-10,18,22-24H,5-8,11-12H2,1-4H3/t18-,21-/m0/s1. The van der Waals surface area contributed by atoms with Crippen LogP contribution in [-0.4, -0.2) is 32.6 Å². The van der Waals surface area contributed by atoms with E-state index in [0.717, 1.165) is 36.0 Å². The molecule has 1 aliphatic carbocycles. The number of aromatic hydroxyl groups is 1. The maximum Gasteiger partial charge on any atom is 0.132 e. The molecule has 1 aliphatic heterocycles. The molecule has 0 bridgehead atoms. The van der Waals surface area contributed by atoms with E-state index in [0.29, 0.717) is 24.2 Å². The molecule has 0 saturated heterocycles. The van der Waals surface area contributed by atoms with E-state index in [1.807, 2.05) is 26.0 Å². The third-order valence-corrected chi connectivity index (χ3v) is 5.62. The topological polar surface area (TPSA) is 69.9 Å². The van der Waals surface area contributed by atoms with Gasteiger partial charge in [-0.3, -0.25) is 0 Å². The maximum atomic E-state index is 10.7. The van der Waals surface area contributed by atoms with Crippen LogP contribution in [0, 0.1) is 0 Å². The molecular weight excluding hydrogens is 316 g/mol. The van der Waals surface area contributed by atoms with E-state index < -0.39 is 17.3 Å². The number of phenolic OH excluding ortho intramolecular Hbond substituents is 1. The van der Waals surface area contributed by atoms with Crippen LogP contribution in [0.15, 0.2) is 17.7 Å². The Morgan fingerprint density at radius 2 is 1.92 bits per heavy atom. The predicted molar refractivity (Wildman–Crippen MR) is 98.8 cm³/mol. The molecule has 4 heteroatoms. The van der Waals surface area contributed by atoms with E-state index in [-0.39, 0.29) is 5.75 Å². The summed E-state index contributed by atoms with van der Waals surface area (Å²) >= 11 is 0. The Balaban J connectivity index is 2.05. The Morgan fingerprint density at radius 3 is 2.60 bits per heavy atom. The second-order valence-electron chi connectivity index (χ2n) is 8.27. The highest BCUT2D eigenvalue weighted by atomic mass is 16.5. The van der Waals surface area contributed by atoms with Crippen LogP contribution < -0.4 is 4.74 Å². The van der Waals surface area contributed by atoms with Gasteiger partial charge in [-0.1, -0.05) is 19.8 Å². The first kappa shape index (κ1) is 18.3. The van der Waals surface area contributed by atoms with Gasteiger partial charge in [0.2, 0.25) is 0 Å². The van der Waals surface area contributed by atoms with Gasteiger partial charge in [-0.2, -0.15) is 0 Å². The minimum atomic E-state index is -1.20. The number of aryl methyl sites for hydroxylation is 1. The van der Waals surface area contributed by atoms with Crippen molar-refractivity contribution >= 4 is 5.57 Å². The van der Waals surface area contributed by atoms with Gasteiger partial charge in [-0.25, -0.2) is 0 Å². The molecular formula is C21H30O4. The van der Waals surface area contributed by atoms with E-state index in [2.05, 4.69) is 6.92 Å². The summed E-state index contributed by atoms with van der Waals surface area (Å²) in [5, 5.41) is 31.5. The minimum Gasteiger partial charge on any atom is -0.507 e. The van der Waals surface area contributed by atoms with Crippen molar-refractivity contribution in [3.05, 3.63) is 28.8 Å². The van der Waals surface area contributed by atoms with Crippen molar-refractivity contribution in [3.8, 4) is 11.5 Å². The van der Waals surface area contributed by atoms with Gasteiger partial charge in [-0.15, -0.1) is 0 Å². The molecule has 1 aromatic carbocycles. The maximum absolute atomic E-state index is 10.7. The highest BCUT2D eigenvalue weighted by Gasteiger charge is 2.46. The lowest BCUT2D eigenvalue weighted by atomic mass is 9.71. The van der Waals surface area contributed by atoms with Crippen LogP contribution in [-0.2, 0) is 6.42 Å². The first-order chi connectivity index (χ1) is 11.7. The molecule has 0 aromatic heterocycles. The molecule has 3 rings (SSSR count). The number of hydrogen-bond acceptors (Lipinski definition) is 4. The van der Waals surface area contributed by atoms with Crippen LogP contribution >= 0.6 is 0 Å². The molecule has 0 amide bonds. The summed E-state index contributed by atoms with van der Waals surface area (Å²) in [6.45, 7) is 7.80. The third kappa shape index (κ3) is 3.30. The van der Waals surface area contributed by atoms with Crippen LogP contribution in [0.2, 0.25) is 0 Å². The lowest BCUT2D eigenvalue weighted by Crippen LogP contribution is -2.47. The molecule has 0 fully saturated rings. The van der Waals surface area contributed by atoms with Crippen molar-refractivity contribution in [2.75, 3.05) is 0 Å². The molecule has 2 atom stereocenters. The molecule has 3 N–H and O–H groups in total. The van der Waals surface area contributed by atoms with E-state index in [1.54, 1.807) is 6.92 Å². The quantitative estimate of drug-likeness (QED) is 0.722. The van der Waals surface area contributed by atoms with Gasteiger partial charge in [0.1, 0.15) is 17.1 Å². The summed E-state index contributed by atoms with van der Waals surface area (Å²) in [4.78, 5) is 0. The minimum absolute atomic E-state index is 0.208. The zero-order valence-corrected chi connectivity index (χ0v) is 15.7. The van der Waals surface area contributed by atoms with Gasteiger partial charge < -0.3 is 20.1 Å². The van der Waals surface area contributed by atoms with Crippen molar-refractivity contribution in [1.29, 1.82) is 0 Å². The summed E-state index contributed by atoms with van der Waals surface area (Å²) < 4.78 is 6.22. The van der Waals surface area contributed by atoms with Crippen molar-refractivity contribution in [3.63, 3.8) is 0 Å². The molecule has 0 spiro atoms. The Bertz CT molecular complexity index is 700. The number of benzene rings is 1. The summed E-state index contributed by atoms with van der Waals surface area (Å²) in [6, 6.07) is 3.84. The Morgan fingerprint density at radius 1 is 1.20 bits per heavy atom. The largest absolute Gasteiger partial charge is 0.507 e. The molecule has 25 heavy (non-hydrogen) atoms. The van der Waals surface area contributed by atoms with Crippen molar-refractivity contribution in [2.45, 2.75) is 83.5 Å². The lowest BCUT2D eigenvalue weighted by molar-refractivity contribution is -0.0661. The second kappa shape index (κ2) is 6.33. The molecule has 1 heterocycles. The number of ether oxygens (including phenoxy) is 1. The lowest BCUT2D eigenvalue weighted by Gasteiger charge is -2.45. The average Bonchev–Trinajstić information content (AvgIpc) is 2.48. The van der Waals surface area contributed by atoms with Crippen LogP contribution in [0.25, 0.3) is 5.57 Å². The fourth-order valence-electron chi connectivity index (χ4n) is 4.07. The number of unbranched alkanes of at least 4 members (excludes halogenated alkanes) is 2. The monoisotopic (exact) mass is 346 g/mol. The Hall–Kier alpha value is -1.52. The molecule has 138 valence electrons. The fourth-order valence-corrected chi connectivity index (χ4v) is 4.07. The predicted octanol–water partition coefficient (Wildman–Crippen LogP) is 3.96. The summed E-state index contributed by atoms with van der Waals surface area (Å²) in [6.07, 6.45) is 4.17. The summed E-state index contributed by atoms with van der Waals surface area (Å²) in [5.41, 5.74) is 1.88. The number of aliphatic hydroxyl groups is 2. The van der Waals surface area contributed by atoms with Crippen molar-refractivity contribution in [1.82, 2.24) is 0 Å². The van der Waals surface area contributed by atoms with E-state index in [9.17, 15) is 15.3 Å². The van der Waals surface area contributed by atoms with Crippen LogP contribution in [0.5, 0.6) is 11.5 Å². The van der Waals surface area contributed by atoms with E-state index in [1.165, 1.54) is 6.42 Å². The normalized spacial score (nSPS) is 27.5. The van der Waals surface area contributed by atoms with Crippen molar-refractivity contribution in [2.24, 2.45) is 0 Å². The summed E-state index contributed by atoms with van der Waals surface area (Å²) in [7, 11) is 0. The summed E-state index contributed by atoms with van der Waals surface area (Å²) in [5.74, 6) is 0.890. The molecule has 0 saturated carbocycles. The first-order valence-electron chi connectivity index (χ1n) is 9.34. The van der Waals surface area contributed by atoms with Gasteiger partial charge in [0.15, 0.2) is 0 Å². The number of aliphatic hydroxyl groups excluding tert-OH is 1. The molecule has 0 unspecified atom stereocenters. The van der Waals surface area contributed by atoms with Crippen LogP contribution in [0.3, 0.4) is 0 Å². The SMILES string of the molecule is CCCCCc1cc(O)c2c(c1)OC(C)(C)C1=C2C[C@](C)(O)[C@@H](O)C1. The fraction of sp³-hybridized carbons (Fsp3) is 0.619. The van der Waals surface area contributed by atoms with Gasteiger partial charge in [0.25, 0.3) is 0 Å². The highest BCUT2D eigenvalue weighted by molar-refractivity contribution is 5.82. The zero-order chi connectivity index (χ0) is 18.4. The molecule has 0 radical (unpaired) electrons. The van der Waals surface area contributed by atoms with E-state index in [4.69, 9.17) is 4.74 Å². The highest BCUT2D eigenvalue weighted by Crippen LogP contribution is 2.52. The van der Waals surface area contributed by atoms with Gasteiger partial charge >= 0.3 is 0 Å². The van der Waals surface area contributed by atoms with Gasteiger partial charge in [0.05, 0.1) is 17.3 Å². The van der Waals surface area contributed by atoms with Crippen molar-refractivity contribution < 1.29 is 20.1 Å². The van der Waals surface area contributed by atoms with Crippen LogP contribution in [0.4, 0.5) is 0 Å². The number of phenols is 1. The molecule has 4 nitrogen and oxygen atoms in total. The first-order valence-corrected chi connectivity index (χ1v) is 9.34. The third-order valence-electron chi connectivity index (χ3n) is 5.62. The van der Waals surface area contributed by atoms with Crippen LogP contribution in [0.1, 0.15) is 70.9 Å². The smallest absolute Gasteiger partial charge is 0.132 e. The Kier molecular flexibility index (Phi) is 4.63. The molecule has 1 aromatic rings. The second-order valence-corrected chi connectivity index (χ2v) is 8.27. The number of rotatable bonds is 4. The Labute approximate surface area is 150 Å².